The van der Waals surface area contributed by atoms with Gasteiger partial charge in [0.25, 0.3) is 0 Å². The van der Waals surface area contributed by atoms with Gasteiger partial charge >= 0.3 is 6.03 Å². The number of benzene rings is 1. The molecule has 1 aromatic rings. The Morgan fingerprint density at radius 3 is 2.38 bits per heavy atom. The fourth-order valence-electron chi connectivity index (χ4n) is 2.32. The lowest BCUT2D eigenvalue weighted by molar-refractivity contribution is 0.252. The summed E-state index contributed by atoms with van der Waals surface area (Å²) in [5, 5.41) is 5.85. The Morgan fingerprint density at radius 1 is 1.00 bits per heavy atom. The predicted molar refractivity (Wildman–Crippen MR) is 90.9 cm³/mol. The van der Waals surface area contributed by atoms with Crippen molar-refractivity contribution in [2.75, 3.05) is 11.9 Å². The average Bonchev–Trinajstić information content (AvgIpc) is 2.46. The minimum absolute atomic E-state index is 0.102. The number of rotatable bonds is 9. The molecule has 0 radical (unpaired) electrons. The summed E-state index contributed by atoms with van der Waals surface area (Å²) in [5.41, 5.74) is 3.14. The van der Waals surface area contributed by atoms with E-state index in [4.69, 9.17) is 0 Å². The topological polar surface area (TPSA) is 41.1 Å². The van der Waals surface area contributed by atoms with Gasteiger partial charge in [-0.3, -0.25) is 0 Å². The fourth-order valence-corrected chi connectivity index (χ4v) is 2.32. The largest absolute Gasteiger partial charge is 0.338 e. The van der Waals surface area contributed by atoms with Crippen molar-refractivity contribution < 1.29 is 4.79 Å². The summed E-state index contributed by atoms with van der Waals surface area (Å²) in [6.07, 6.45) is 8.84. The van der Waals surface area contributed by atoms with Gasteiger partial charge in [0.05, 0.1) is 0 Å². The van der Waals surface area contributed by atoms with Crippen molar-refractivity contribution in [2.24, 2.45) is 0 Å². The first-order chi connectivity index (χ1) is 10.1. The summed E-state index contributed by atoms with van der Waals surface area (Å²) in [6.45, 7) is 7.02. The summed E-state index contributed by atoms with van der Waals surface area (Å²) >= 11 is 0. The number of aryl methyl sites for hydroxylation is 2. The zero-order valence-corrected chi connectivity index (χ0v) is 13.8. The lowest BCUT2D eigenvalue weighted by Gasteiger charge is -2.10. The maximum Gasteiger partial charge on any atom is 0.319 e. The van der Waals surface area contributed by atoms with E-state index in [0.717, 1.165) is 29.8 Å². The minimum Gasteiger partial charge on any atom is -0.338 e. The molecule has 0 saturated carbocycles. The Hall–Kier alpha value is -1.51. The van der Waals surface area contributed by atoms with E-state index in [1.165, 1.54) is 38.5 Å². The van der Waals surface area contributed by atoms with Crippen LogP contribution in [0.4, 0.5) is 10.5 Å². The van der Waals surface area contributed by atoms with Crippen LogP contribution >= 0.6 is 0 Å². The van der Waals surface area contributed by atoms with Crippen molar-refractivity contribution in [3.05, 3.63) is 29.3 Å². The van der Waals surface area contributed by atoms with E-state index < -0.39 is 0 Å². The maximum atomic E-state index is 11.8. The highest BCUT2D eigenvalue weighted by Crippen LogP contribution is 2.16. The quantitative estimate of drug-likeness (QED) is 0.605. The summed E-state index contributed by atoms with van der Waals surface area (Å²) < 4.78 is 0. The maximum absolute atomic E-state index is 11.8. The number of hydrogen-bond acceptors (Lipinski definition) is 1. The van der Waals surface area contributed by atoms with Crippen molar-refractivity contribution >= 4 is 11.7 Å². The molecule has 0 aliphatic carbocycles. The van der Waals surface area contributed by atoms with Crippen LogP contribution in [-0.2, 0) is 0 Å². The molecule has 21 heavy (non-hydrogen) atoms. The minimum atomic E-state index is -0.102. The van der Waals surface area contributed by atoms with Crippen LogP contribution in [-0.4, -0.2) is 12.6 Å². The van der Waals surface area contributed by atoms with E-state index in [9.17, 15) is 4.79 Å². The normalized spacial score (nSPS) is 10.4. The Kier molecular flexibility index (Phi) is 8.56. The van der Waals surface area contributed by atoms with Crippen LogP contribution in [0, 0.1) is 13.8 Å². The van der Waals surface area contributed by atoms with Gasteiger partial charge < -0.3 is 10.6 Å². The molecule has 118 valence electrons. The van der Waals surface area contributed by atoms with Crippen molar-refractivity contribution in [1.82, 2.24) is 5.32 Å². The molecular formula is C18H30N2O. The van der Waals surface area contributed by atoms with E-state index in [0.29, 0.717) is 0 Å². The zero-order chi connectivity index (χ0) is 15.5. The highest BCUT2D eigenvalue weighted by molar-refractivity contribution is 5.90. The van der Waals surface area contributed by atoms with Crippen LogP contribution in [0.2, 0.25) is 0 Å². The first-order valence-corrected chi connectivity index (χ1v) is 8.25. The Balaban J connectivity index is 2.13. The number of anilines is 1. The van der Waals surface area contributed by atoms with E-state index in [-0.39, 0.29) is 6.03 Å². The fraction of sp³-hybridized carbons (Fsp3) is 0.611. The number of urea groups is 1. The molecule has 0 spiro atoms. The van der Waals surface area contributed by atoms with Crippen LogP contribution in [0.15, 0.2) is 18.2 Å². The van der Waals surface area contributed by atoms with Crippen molar-refractivity contribution in [2.45, 2.75) is 65.7 Å². The standard InChI is InChI=1S/C18H30N2O/c1-4-5-6-7-8-9-10-13-19-18(21)20-17-14-15(2)11-12-16(17)3/h11-12,14H,4-10,13H2,1-3H3,(H2,19,20,21). The van der Waals surface area contributed by atoms with Gasteiger partial charge in [-0.15, -0.1) is 0 Å². The molecule has 1 aromatic carbocycles. The molecule has 0 unspecified atom stereocenters. The molecule has 0 fully saturated rings. The molecule has 0 heterocycles. The molecule has 2 amide bonds. The highest BCUT2D eigenvalue weighted by Gasteiger charge is 2.03. The molecule has 0 atom stereocenters. The van der Waals surface area contributed by atoms with Crippen LogP contribution in [0.5, 0.6) is 0 Å². The molecule has 0 bridgehead atoms. The first-order valence-electron chi connectivity index (χ1n) is 8.25. The Morgan fingerprint density at radius 2 is 1.67 bits per heavy atom. The molecule has 0 aromatic heterocycles. The smallest absolute Gasteiger partial charge is 0.319 e. The molecule has 0 saturated heterocycles. The highest BCUT2D eigenvalue weighted by atomic mass is 16.2. The average molecular weight is 290 g/mol. The van der Waals surface area contributed by atoms with Crippen LogP contribution in [0.3, 0.4) is 0 Å². The first kappa shape index (κ1) is 17.5. The second kappa shape index (κ2) is 10.3. The lowest BCUT2D eigenvalue weighted by atomic mass is 10.1. The van der Waals surface area contributed by atoms with Crippen molar-refractivity contribution in [1.29, 1.82) is 0 Å². The summed E-state index contributed by atoms with van der Waals surface area (Å²) in [4.78, 5) is 11.8. The van der Waals surface area contributed by atoms with Crippen LogP contribution in [0.25, 0.3) is 0 Å². The number of nitrogens with one attached hydrogen (secondary N) is 2. The second-order valence-electron chi connectivity index (χ2n) is 5.82. The van der Waals surface area contributed by atoms with E-state index >= 15 is 0 Å². The van der Waals surface area contributed by atoms with Gasteiger partial charge in [0, 0.05) is 12.2 Å². The van der Waals surface area contributed by atoms with Crippen molar-refractivity contribution in [3.8, 4) is 0 Å². The van der Waals surface area contributed by atoms with Gasteiger partial charge in [-0.05, 0) is 37.5 Å². The number of hydrogen-bond donors (Lipinski definition) is 2. The number of amides is 2. The van der Waals surface area contributed by atoms with Gasteiger partial charge in [0.15, 0.2) is 0 Å². The summed E-state index contributed by atoms with van der Waals surface area (Å²) in [7, 11) is 0. The molecule has 0 aliphatic heterocycles. The third-order valence-corrected chi connectivity index (χ3v) is 3.71. The molecule has 3 nitrogen and oxygen atoms in total. The molecule has 3 heteroatoms. The second-order valence-corrected chi connectivity index (χ2v) is 5.82. The summed E-state index contributed by atoms with van der Waals surface area (Å²) in [5.74, 6) is 0. The zero-order valence-electron chi connectivity index (χ0n) is 13.8. The third kappa shape index (κ3) is 7.74. The van der Waals surface area contributed by atoms with E-state index in [1.54, 1.807) is 0 Å². The predicted octanol–water partition coefficient (Wildman–Crippen LogP) is 5.18. The van der Waals surface area contributed by atoms with Crippen molar-refractivity contribution in [3.63, 3.8) is 0 Å². The SMILES string of the molecule is CCCCCCCCCNC(=O)Nc1cc(C)ccc1C. The van der Waals surface area contributed by atoms with Gasteiger partial charge in [-0.1, -0.05) is 57.6 Å². The number of carbonyl (C=O) groups is 1. The Labute approximate surface area is 129 Å². The van der Waals surface area contributed by atoms with Crippen LogP contribution in [0.1, 0.15) is 63.0 Å². The van der Waals surface area contributed by atoms with Crippen LogP contribution < -0.4 is 10.6 Å². The van der Waals surface area contributed by atoms with E-state index in [2.05, 4.69) is 23.6 Å². The molecular weight excluding hydrogens is 260 g/mol. The summed E-state index contributed by atoms with van der Waals surface area (Å²) in [6, 6.07) is 5.98. The lowest BCUT2D eigenvalue weighted by Crippen LogP contribution is -2.29. The van der Waals surface area contributed by atoms with Gasteiger partial charge in [0.1, 0.15) is 0 Å². The monoisotopic (exact) mass is 290 g/mol. The third-order valence-electron chi connectivity index (χ3n) is 3.71. The van der Waals surface area contributed by atoms with Gasteiger partial charge in [0.2, 0.25) is 0 Å². The molecule has 0 aliphatic rings. The molecule has 1 rings (SSSR count). The van der Waals surface area contributed by atoms with Gasteiger partial charge in [-0.2, -0.15) is 0 Å². The number of carbonyl (C=O) groups excluding carboxylic acids is 1. The number of unbranched alkanes of at least 4 members (excludes halogenated alkanes) is 6. The molecule has 2 N–H and O–H groups in total. The van der Waals surface area contributed by atoms with E-state index in [1.807, 2.05) is 26.0 Å². The Bertz CT molecular complexity index is 429. The van der Waals surface area contributed by atoms with Gasteiger partial charge in [-0.25, -0.2) is 4.79 Å².